The molecular weight excluding hydrogens is 264 g/mol. The number of carbonyl (C=O) groups excluding carboxylic acids is 1. The van der Waals surface area contributed by atoms with Crippen molar-refractivity contribution in [1.29, 1.82) is 0 Å². The Morgan fingerprint density at radius 1 is 1.29 bits per heavy atom. The van der Waals surface area contributed by atoms with Crippen LogP contribution in [0.2, 0.25) is 0 Å². The molecular formula is C17H28N2O2. The third-order valence-electron chi connectivity index (χ3n) is 6.63. The van der Waals surface area contributed by atoms with Gasteiger partial charge in [0, 0.05) is 13.1 Å². The second-order valence-electron chi connectivity index (χ2n) is 8.89. The van der Waals surface area contributed by atoms with Gasteiger partial charge in [0.05, 0.1) is 11.0 Å². The zero-order chi connectivity index (χ0) is 14.7. The van der Waals surface area contributed by atoms with Crippen LogP contribution in [-0.4, -0.2) is 36.2 Å². The van der Waals surface area contributed by atoms with Crippen molar-refractivity contribution in [3.63, 3.8) is 0 Å². The summed E-state index contributed by atoms with van der Waals surface area (Å²) in [6, 6.07) is 0. The number of aliphatic hydroxyl groups is 1. The molecule has 0 spiro atoms. The van der Waals surface area contributed by atoms with E-state index in [9.17, 15) is 9.90 Å². The lowest BCUT2D eigenvalue weighted by Crippen LogP contribution is -2.58. The van der Waals surface area contributed by atoms with Gasteiger partial charge in [-0.1, -0.05) is 6.92 Å². The highest BCUT2D eigenvalue weighted by Gasteiger charge is 2.58. The van der Waals surface area contributed by atoms with Gasteiger partial charge in [-0.25, -0.2) is 0 Å². The van der Waals surface area contributed by atoms with Crippen molar-refractivity contribution >= 4 is 5.91 Å². The van der Waals surface area contributed by atoms with Crippen molar-refractivity contribution in [1.82, 2.24) is 10.6 Å². The Labute approximate surface area is 127 Å². The molecule has 4 saturated carbocycles. The van der Waals surface area contributed by atoms with Crippen LogP contribution in [0.3, 0.4) is 0 Å². The van der Waals surface area contributed by atoms with Crippen molar-refractivity contribution in [2.24, 2.45) is 22.7 Å². The van der Waals surface area contributed by atoms with Crippen LogP contribution < -0.4 is 10.6 Å². The monoisotopic (exact) mass is 292 g/mol. The van der Waals surface area contributed by atoms with E-state index < -0.39 is 5.60 Å². The molecule has 118 valence electrons. The molecule has 4 aliphatic carbocycles. The van der Waals surface area contributed by atoms with Crippen LogP contribution in [0.1, 0.15) is 51.9 Å². The third kappa shape index (κ3) is 2.31. The summed E-state index contributed by atoms with van der Waals surface area (Å²) in [5.41, 5.74) is -0.462. The summed E-state index contributed by atoms with van der Waals surface area (Å²) in [5, 5.41) is 16.7. The summed E-state index contributed by atoms with van der Waals surface area (Å²) in [7, 11) is 0. The zero-order valence-electron chi connectivity index (χ0n) is 13.1. The molecule has 0 aromatic heterocycles. The molecule has 1 saturated heterocycles. The lowest BCUT2D eigenvalue weighted by molar-refractivity contribution is -0.156. The fraction of sp³-hybridized carbons (Fsp3) is 0.941. The van der Waals surface area contributed by atoms with Gasteiger partial charge in [-0.3, -0.25) is 4.79 Å². The van der Waals surface area contributed by atoms with Gasteiger partial charge in [0.25, 0.3) is 0 Å². The van der Waals surface area contributed by atoms with E-state index >= 15 is 0 Å². The molecule has 3 N–H and O–H groups in total. The van der Waals surface area contributed by atoms with Gasteiger partial charge in [0.15, 0.2) is 0 Å². The Morgan fingerprint density at radius 3 is 2.57 bits per heavy atom. The van der Waals surface area contributed by atoms with Gasteiger partial charge in [-0.2, -0.15) is 0 Å². The number of hydrogen-bond donors (Lipinski definition) is 3. The predicted molar refractivity (Wildman–Crippen MR) is 80.7 cm³/mol. The maximum absolute atomic E-state index is 12.9. The topological polar surface area (TPSA) is 61.4 Å². The Balaban J connectivity index is 1.46. The highest BCUT2D eigenvalue weighted by Crippen LogP contribution is 2.65. The molecule has 1 amide bonds. The summed E-state index contributed by atoms with van der Waals surface area (Å²) in [5.74, 6) is 1.75. The average molecular weight is 292 g/mol. The van der Waals surface area contributed by atoms with Crippen LogP contribution in [0.15, 0.2) is 0 Å². The molecule has 0 aromatic carbocycles. The summed E-state index contributed by atoms with van der Waals surface area (Å²) in [6.45, 7) is 4.25. The second kappa shape index (κ2) is 4.45. The van der Waals surface area contributed by atoms with Crippen molar-refractivity contribution in [3.8, 4) is 0 Å². The first-order valence-corrected chi connectivity index (χ1v) is 8.62. The maximum atomic E-state index is 12.9. The lowest BCUT2D eigenvalue weighted by Gasteiger charge is -2.60. The summed E-state index contributed by atoms with van der Waals surface area (Å²) < 4.78 is 0. The fourth-order valence-corrected chi connectivity index (χ4v) is 6.30. The molecule has 0 aromatic rings. The van der Waals surface area contributed by atoms with Gasteiger partial charge in [0.1, 0.15) is 0 Å². The standard InChI is InChI=1S/C17H28N2O2/c1-15-5-12-4-13(6-15)8-16(7-12,9-15)14(20)19-11-17(21)2-3-18-10-17/h12-13,18,21H,2-11H2,1H3,(H,19,20). The first kappa shape index (κ1) is 14.0. The molecule has 5 rings (SSSR count). The molecule has 4 heteroatoms. The minimum absolute atomic E-state index is 0.124. The van der Waals surface area contributed by atoms with Crippen LogP contribution in [0.5, 0.6) is 0 Å². The number of hydrogen-bond acceptors (Lipinski definition) is 3. The second-order valence-corrected chi connectivity index (χ2v) is 8.89. The smallest absolute Gasteiger partial charge is 0.226 e. The van der Waals surface area contributed by atoms with E-state index in [2.05, 4.69) is 17.6 Å². The quantitative estimate of drug-likeness (QED) is 0.737. The normalized spacial score (nSPS) is 51.3. The summed E-state index contributed by atoms with van der Waals surface area (Å²) >= 11 is 0. The van der Waals surface area contributed by atoms with E-state index in [1.54, 1.807) is 0 Å². The molecule has 3 atom stereocenters. The van der Waals surface area contributed by atoms with Crippen molar-refractivity contribution in [2.75, 3.05) is 19.6 Å². The molecule has 4 nitrogen and oxygen atoms in total. The van der Waals surface area contributed by atoms with E-state index in [1.807, 2.05) is 0 Å². The number of amides is 1. The average Bonchev–Trinajstić information content (AvgIpc) is 2.80. The van der Waals surface area contributed by atoms with Gasteiger partial charge >= 0.3 is 0 Å². The summed E-state index contributed by atoms with van der Waals surface area (Å²) in [6.07, 6.45) is 7.97. The Hall–Kier alpha value is -0.610. The molecule has 5 aliphatic rings. The van der Waals surface area contributed by atoms with Gasteiger partial charge in [-0.05, 0) is 68.7 Å². The lowest BCUT2D eigenvalue weighted by atomic mass is 9.44. The number of rotatable bonds is 3. The van der Waals surface area contributed by atoms with Crippen molar-refractivity contribution in [3.05, 3.63) is 0 Å². The molecule has 4 bridgehead atoms. The minimum Gasteiger partial charge on any atom is -0.387 e. The summed E-state index contributed by atoms with van der Waals surface area (Å²) in [4.78, 5) is 12.9. The zero-order valence-corrected chi connectivity index (χ0v) is 13.1. The van der Waals surface area contributed by atoms with Crippen molar-refractivity contribution in [2.45, 2.75) is 57.5 Å². The van der Waals surface area contributed by atoms with Gasteiger partial charge < -0.3 is 15.7 Å². The Kier molecular flexibility index (Phi) is 2.97. The first-order chi connectivity index (χ1) is 9.91. The minimum atomic E-state index is -0.734. The maximum Gasteiger partial charge on any atom is 0.226 e. The van der Waals surface area contributed by atoms with Crippen LogP contribution in [-0.2, 0) is 4.79 Å². The first-order valence-electron chi connectivity index (χ1n) is 8.62. The van der Waals surface area contributed by atoms with Crippen LogP contribution in [0.25, 0.3) is 0 Å². The Bertz CT molecular complexity index is 442. The van der Waals surface area contributed by atoms with Crippen molar-refractivity contribution < 1.29 is 9.90 Å². The molecule has 21 heavy (non-hydrogen) atoms. The Morgan fingerprint density at radius 2 is 2.00 bits per heavy atom. The molecule has 1 heterocycles. The highest BCUT2D eigenvalue weighted by molar-refractivity contribution is 5.83. The van der Waals surface area contributed by atoms with E-state index in [-0.39, 0.29) is 11.3 Å². The molecule has 1 aliphatic heterocycles. The van der Waals surface area contributed by atoms with E-state index in [0.717, 1.165) is 44.1 Å². The number of nitrogens with one attached hydrogen (secondary N) is 2. The molecule has 0 radical (unpaired) electrons. The highest BCUT2D eigenvalue weighted by atomic mass is 16.3. The van der Waals surface area contributed by atoms with E-state index in [0.29, 0.717) is 18.5 Å². The van der Waals surface area contributed by atoms with Gasteiger partial charge in [0.2, 0.25) is 5.91 Å². The number of carbonyl (C=O) groups is 1. The van der Waals surface area contributed by atoms with Gasteiger partial charge in [-0.15, -0.1) is 0 Å². The third-order valence-corrected chi connectivity index (χ3v) is 6.63. The van der Waals surface area contributed by atoms with E-state index in [1.165, 1.54) is 19.3 Å². The fourth-order valence-electron chi connectivity index (χ4n) is 6.30. The molecule has 3 unspecified atom stereocenters. The molecule has 5 fully saturated rings. The van der Waals surface area contributed by atoms with Crippen LogP contribution >= 0.6 is 0 Å². The largest absolute Gasteiger partial charge is 0.387 e. The van der Waals surface area contributed by atoms with Crippen LogP contribution in [0, 0.1) is 22.7 Å². The van der Waals surface area contributed by atoms with Crippen LogP contribution in [0.4, 0.5) is 0 Å². The number of β-amino-alcohol motifs (C(OH)–C–C–N with tert-alkyl or cyclic N) is 1. The SMILES string of the molecule is CC12CC3CC(C1)CC(C(=O)NCC1(O)CCNC1)(C3)C2. The van der Waals surface area contributed by atoms with E-state index in [4.69, 9.17) is 0 Å². The predicted octanol–water partition coefficient (Wildman–Crippen LogP) is 1.43.